The number of hydrogen-bond acceptors (Lipinski definition) is 2. The van der Waals surface area contributed by atoms with Crippen LogP contribution >= 0.6 is 11.6 Å². The molecule has 94 valence electrons. The van der Waals surface area contributed by atoms with Gasteiger partial charge in [0.15, 0.2) is 0 Å². The highest BCUT2D eigenvalue weighted by Crippen LogP contribution is 2.32. The largest absolute Gasteiger partial charge is 0.372 e. The molecule has 0 spiro atoms. The minimum Gasteiger partial charge on any atom is -0.372 e. The van der Waals surface area contributed by atoms with Gasteiger partial charge in [0.05, 0.1) is 12.7 Å². The Labute approximate surface area is 108 Å². The van der Waals surface area contributed by atoms with E-state index >= 15 is 0 Å². The van der Waals surface area contributed by atoms with Gasteiger partial charge in [-0.25, -0.2) is 0 Å². The molecule has 1 aliphatic rings. The topological polar surface area (TPSA) is 35.2 Å². The number of hydrogen-bond donors (Lipinski definition) is 1. The van der Waals surface area contributed by atoms with Crippen molar-refractivity contribution in [3.8, 4) is 0 Å². The molecular weight excluding hydrogens is 234 g/mol. The lowest BCUT2D eigenvalue weighted by Gasteiger charge is -2.24. The van der Waals surface area contributed by atoms with Gasteiger partial charge in [0.2, 0.25) is 0 Å². The molecule has 2 rings (SSSR count). The first kappa shape index (κ1) is 12.9. The summed E-state index contributed by atoms with van der Waals surface area (Å²) in [5, 5.41) is 0.742. The lowest BCUT2D eigenvalue weighted by molar-refractivity contribution is 0.0268. The highest BCUT2D eigenvalue weighted by Gasteiger charge is 2.26. The maximum Gasteiger partial charge on any atom is 0.0976 e. The van der Waals surface area contributed by atoms with E-state index in [1.165, 1.54) is 12.8 Å². The molecule has 3 heteroatoms. The Balaban J connectivity index is 2.07. The normalized spacial score (nSPS) is 19.0. The Bertz CT molecular complexity index is 365. The highest BCUT2D eigenvalue weighted by molar-refractivity contribution is 6.30. The van der Waals surface area contributed by atoms with Crippen LogP contribution in [0, 0.1) is 5.92 Å². The molecule has 1 saturated carbocycles. The minimum atomic E-state index is -0.0284. The predicted octanol–water partition coefficient (Wildman–Crippen LogP) is 3.55. The van der Waals surface area contributed by atoms with Crippen LogP contribution in [0.3, 0.4) is 0 Å². The third kappa shape index (κ3) is 3.70. The van der Waals surface area contributed by atoms with Crippen LogP contribution < -0.4 is 5.73 Å². The van der Waals surface area contributed by atoms with Gasteiger partial charge in [-0.3, -0.25) is 0 Å². The van der Waals surface area contributed by atoms with Gasteiger partial charge in [-0.15, -0.1) is 0 Å². The molecule has 2 unspecified atom stereocenters. The summed E-state index contributed by atoms with van der Waals surface area (Å²) in [5.74, 6) is 0.751. The smallest absolute Gasteiger partial charge is 0.0976 e. The van der Waals surface area contributed by atoms with Crippen molar-refractivity contribution < 1.29 is 4.74 Å². The van der Waals surface area contributed by atoms with Gasteiger partial charge in [0.1, 0.15) is 0 Å². The molecule has 0 heterocycles. The Kier molecular flexibility index (Phi) is 4.43. The zero-order valence-electron chi connectivity index (χ0n) is 10.2. The van der Waals surface area contributed by atoms with Crippen LogP contribution in [-0.2, 0) is 4.74 Å². The van der Waals surface area contributed by atoms with Gasteiger partial charge in [0, 0.05) is 11.1 Å². The van der Waals surface area contributed by atoms with Gasteiger partial charge < -0.3 is 10.5 Å². The van der Waals surface area contributed by atoms with Crippen LogP contribution in [0.4, 0.5) is 0 Å². The van der Waals surface area contributed by atoms with Gasteiger partial charge in [-0.2, -0.15) is 0 Å². The lowest BCUT2D eigenvalue weighted by Crippen LogP contribution is -2.30. The fourth-order valence-electron chi connectivity index (χ4n) is 1.89. The van der Waals surface area contributed by atoms with Crippen LogP contribution in [-0.4, -0.2) is 12.6 Å². The third-order valence-corrected chi connectivity index (χ3v) is 3.48. The summed E-state index contributed by atoms with van der Waals surface area (Å²) in [6, 6.07) is 7.86. The van der Waals surface area contributed by atoms with Gasteiger partial charge in [0.25, 0.3) is 0 Å². The zero-order chi connectivity index (χ0) is 12.3. The second-order valence-electron chi connectivity index (χ2n) is 4.82. The SMILES string of the molecule is CCC(N)C(OCC1CC1)c1cccc(Cl)c1. The third-order valence-electron chi connectivity index (χ3n) is 3.25. The fraction of sp³-hybridized carbons (Fsp3) is 0.571. The summed E-state index contributed by atoms with van der Waals surface area (Å²) in [6.45, 7) is 2.91. The number of nitrogens with two attached hydrogens (primary N) is 1. The first-order valence-corrected chi connectivity index (χ1v) is 6.71. The van der Waals surface area contributed by atoms with Crippen molar-refractivity contribution in [2.24, 2.45) is 11.7 Å². The van der Waals surface area contributed by atoms with Gasteiger partial charge >= 0.3 is 0 Å². The molecule has 2 N–H and O–H groups in total. The van der Waals surface area contributed by atoms with E-state index in [9.17, 15) is 0 Å². The molecule has 0 radical (unpaired) electrons. The van der Waals surface area contributed by atoms with Crippen molar-refractivity contribution in [1.82, 2.24) is 0 Å². The molecule has 0 amide bonds. The van der Waals surface area contributed by atoms with Crippen LogP contribution in [0.1, 0.15) is 37.9 Å². The molecule has 17 heavy (non-hydrogen) atoms. The monoisotopic (exact) mass is 253 g/mol. The number of ether oxygens (including phenoxy) is 1. The highest BCUT2D eigenvalue weighted by atomic mass is 35.5. The van der Waals surface area contributed by atoms with E-state index in [4.69, 9.17) is 22.1 Å². The summed E-state index contributed by atoms with van der Waals surface area (Å²) < 4.78 is 5.98. The molecule has 0 bridgehead atoms. The molecule has 0 saturated heterocycles. The summed E-state index contributed by atoms with van der Waals surface area (Å²) in [4.78, 5) is 0. The van der Waals surface area contributed by atoms with E-state index in [1.54, 1.807) is 0 Å². The van der Waals surface area contributed by atoms with Crippen molar-refractivity contribution in [3.63, 3.8) is 0 Å². The van der Waals surface area contributed by atoms with E-state index in [-0.39, 0.29) is 12.1 Å². The molecule has 1 fully saturated rings. The lowest BCUT2D eigenvalue weighted by atomic mass is 10.0. The Hall–Kier alpha value is -0.570. The van der Waals surface area contributed by atoms with Crippen LogP contribution in [0.25, 0.3) is 0 Å². The standard InChI is InChI=1S/C14H20ClNO/c1-2-13(16)14(17-9-10-6-7-10)11-4-3-5-12(15)8-11/h3-5,8,10,13-14H,2,6-7,9,16H2,1H3. The average molecular weight is 254 g/mol. The summed E-state index contributed by atoms with van der Waals surface area (Å²) >= 11 is 6.02. The zero-order valence-corrected chi connectivity index (χ0v) is 11.0. The molecule has 2 nitrogen and oxygen atoms in total. The van der Waals surface area contributed by atoms with Crippen molar-refractivity contribution in [3.05, 3.63) is 34.9 Å². The Morgan fingerprint density at radius 3 is 2.82 bits per heavy atom. The van der Waals surface area contributed by atoms with E-state index < -0.39 is 0 Å². The van der Waals surface area contributed by atoms with Crippen molar-refractivity contribution in [1.29, 1.82) is 0 Å². The molecule has 0 aromatic heterocycles. The maximum absolute atomic E-state index is 6.14. The molecule has 1 aliphatic carbocycles. The Morgan fingerprint density at radius 2 is 2.24 bits per heavy atom. The fourth-order valence-corrected chi connectivity index (χ4v) is 2.09. The van der Waals surface area contributed by atoms with E-state index in [1.807, 2.05) is 24.3 Å². The second kappa shape index (κ2) is 5.85. The first-order valence-electron chi connectivity index (χ1n) is 6.33. The quantitative estimate of drug-likeness (QED) is 0.842. The van der Waals surface area contributed by atoms with Gasteiger partial charge in [-0.05, 0) is 42.9 Å². The predicted molar refractivity (Wildman–Crippen MR) is 71.1 cm³/mol. The van der Waals surface area contributed by atoms with Crippen LogP contribution in [0.2, 0.25) is 5.02 Å². The molecule has 1 aromatic carbocycles. The minimum absolute atomic E-state index is 0.0284. The summed E-state index contributed by atoms with van der Waals surface area (Å²) in [6.07, 6.45) is 3.47. The molecule has 0 aliphatic heterocycles. The first-order chi connectivity index (χ1) is 8.20. The number of benzene rings is 1. The molecule has 2 atom stereocenters. The van der Waals surface area contributed by atoms with E-state index in [0.29, 0.717) is 0 Å². The van der Waals surface area contributed by atoms with Crippen molar-refractivity contribution >= 4 is 11.6 Å². The van der Waals surface area contributed by atoms with Crippen LogP contribution in [0.15, 0.2) is 24.3 Å². The van der Waals surface area contributed by atoms with Gasteiger partial charge in [-0.1, -0.05) is 30.7 Å². The van der Waals surface area contributed by atoms with E-state index in [0.717, 1.165) is 29.5 Å². The van der Waals surface area contributed by atoms with Crippen LogP contribution in [0.5, 0.6) is 0 Å². The molecule has 1 aromatic rings. The summed E-state index contributed by atoms with van der Waals surface area (Å²) in [7, 11) is 0. The number of rotatable bonds is 6. The molecular formula is C14H20ClNO. The average Bonchev–Trinajstić information content (AvgIpc) is 3.13. The summed E-state index contributed by atoms with van der Waals surface area (Å²) in [5.41, 5.74) is 7.23. The number of halogens is 1. The van der Waals surface area contributed by atoms with Crippen molar-refractivity contribution in [2.45, 2.75) is 38.3 Å². The van der Waals surface area contributed by atoms with E-state index in [2.05, 4.69) is 6.92 Å². The second-order valence-corrected chi connectivity index (χ2v) is 5.26. The maximum atomic E-state index is 6.14. The van der Waals surface area contributed by atoms with Crippen molar-refractivity contribution in [2.75, 3.05) is 6.61 Å². The Morgan fingerprint density at radius 1 is 1.47 bits per heavy atom.